The van der Waals surface area contributed by atoms with Crippen molar-refractivity contribution in [3.05, 3.63) is 53.1 Å². The van der Waals surface area contributed by atoms with Gasteiger partial charge in [0.2, 0.25) is 0 Å². The van der Waals surface area contributed by atoms with Gasteiger partial charge in [-0.3, -0.25) is 0 Å². The van der Waals surface area contributed by atoms with Crippen LogP contribution >= 0.6 is 11.6 Å². The third kappa shape index (κ3) is 3.49. The summed E-state index contributed by atoms with van der Waals surface area (Å²) in [7, 11) is 0. The van der Waals surface area contributed by atoms with Gasteiger partial charge in [0.15, 0.2) is 11.5 Å². The van der Waals surface area contributed by atoms with Crippen LogP contribution in [0.5, 0.6) is 17.2 Å². The second-order valence-electron chi connectivity index (χ2n) is 5.19. The zero-order chi connectivity index (χ0) is 14.7. The average molecular weight is 304 g/mol. The molecule has 1 fully saturated rings. The standard InChI is InChI=1S/C17H18ClNO2/c1-12-4-2-3-5-15(12)21-17-10-13(18)6-7-16(17)20-14-8-9-19-11-14/h2-7,10,14,19H,8-9,11H2,1H3. The zero-order valence-electron chi connectivity index (χ0n) is 11.9. The third-order valence-electron chi connectivity index (χ3n) is 3.53. The molecule has 1 unspecified atom stereocenters. The molecule has 2 aromatic carbocycles. The number of halogens is 1. The highest BCUT2D eigenvalue weighted by atomic mass is 35.5. The highest BCUT2D eigenvalue weighted by Crippen LogP contribution is 2.36. The van der Waals surface area contributed by atoms with Gasteiger partial charge in [-0.2, -0.15) is 0 Å². The van der Waals surface area contributed by atoms with Crippen LogP contribution in [0.4, 0.5) is 0 Å². The lowest BCUT2D eigenvalue weighted by Gasteiger charge is -2.17. The molecule has 2 aromatic rings. The van der Waals surface area contributed by atoms with Crippen molar-refractivity contribution in [2.45, 2.75) is 19.4 Å². The Morgan fingerprint density at radius 1 is 1.10 bits per heavy atom. The van der Waals surface area contributed by atoms with E-state index in [2.05, 4.69) is 5.32 Å². The van der Waals surface area contributed by atoms with Gasteiger partial charge in [0.1, 0.15) is 11.9 Å². The van der Waals surface area contributed by atoms with Gasteiger partial charge in [0.25, 0.3) is 0 Å². The van der Waals surface area contributed by atoms with Gasteiger partial charge >= 0.3 is 0 Å². The summed E-state index contributed by atoms with van der Waals surface area (Å²) in [5.41, 5.74) is 1.07. The predicted octanol–water partition coefficient (Wildman–Crippen LogP) is 4.18. The Kier molecular flexibility index (Phi) is 4.32. The van der Waals surface area contributed by atoms with Crippen molar-refractivity contribution in [3.8, 4) is 17.2 Å². The van der Waals surface area contributed by atoms with Crippen LogP contribution in [0.2, 0.25) is 5.02 Å². The fourth-order valence-electron chi connectivity index (χ4n) is 2.36. The molecule has 0 saturated carbocycles. The topological polar surface area (TPSA) is 30.5 Å². The summed E-state index contributed by atoms with van der Waals surface area (Å²) in [6.45, 7) is 3.87. The first-order chi connectivity index (χ1) is 10.2. The monoisotopic (exact) mass is 303 g/mol. The van der Waals surface area contributed by atoms with E-state index in [4.69, 9.17) is 21.1 Å². The van der Waals surface area contributed by atoms with Gasteiger partial charge in [0, 0.05) is 17.6 Å². The quantitative estimate of drug-likeness (QED) is 0.919. The summed E-state index contributed by atoms with van der Waals surface area (Å²) in [6, 6.07) is 13.4. The maximum absolute atomic E-state index is 6.09. The van der Waals surface area contributed by atoms with Crippen LogP contribution in [0.1, 0.15) is 12.0 Å². The van der Waals surface area contributed by atoms with E-state index in [1.165, 1.54) is 0 Å². The molecule has 1 saturated heterocycles. The minimum Gasteiger partial charge on any atom is -0.485 e. The van der Waals surface area contributed by atoms with E-state index in [1.54, 1.807) is 6.07 Å². The molecule has 0 spiro atoms. The Balaban J connectivity index is 1.85. The lowest BCUT2D eigenvalue weighted by Crippen LogP contribution is -2.19. The van der Waals surface area contributed by atoms with Crippen molar-refractivity contribution in [2.24, 2.45) is 0 Å². The molecule has 4 heteroatoms. The van der Waals surface area contributed by atoms with Crippen molar-refractivity contribution < 1.29 is 9.47 Å². The number of para-hydroxylation sites is 1. The number of nitrogens with one attached hydrogen (secondary N) is 1. The van der Waals surface area contributed by atoms with E-state index < -0.39 is 0 Å². The Labute approximate surface area is 129 Å². The number of rotatable bonds is 4. The van der Waals surface area contributed by atoms with E-state index in [0.29, 0.717) is 10.8 Å². The largest absolute Gasteiger partial charge is 0.485 e. The highest BCUT2D eigenvalue weighted by Gasteiger charge is 2.18. The van der Waals surface area contributed by atoms with Crippen LogP contribution in [0.15, 0.2) is 42.5 Å². The van der Waals surface area contributed by atoms with Crippen molar-refractivity contribution in [1.82, 2.24) is 5.32 Å². The fraction of sp³-hybridized carbons (Fsp3) is 0.294. The van der Waals surface area contributed by atoms with E-state index in [0.717, 1.165) is 36.6 Å². The van der Waals surface area contributed by atoms with Crippen LogP contribution in [-0.4, -0.2) is 19.2 Å². The van der Waals surface area contributed by atoms with Gasteiger partial charge in [-0.25, -0.2) is 0 Å². The van der Waals surface area contributed by atoms with Crippen LogP contribution in [0, 0.1) is 6.92 Å². The molecule has 0 aliphatic carbocycles. The normalized spacial score (nSPS) is 17.7. The number of ether oxygens (including phenoxy) is 2. The minimum atomic E-state index is 0.186. The molecule has 21 heavy (non-hydrogen) atoms. The molecule has 1 heterocycles. The van der Waals surface area contributed by atoms with Gasteiger partial charge in [-0.1, -0.05) is 29.8 Å². The summed E-state index contributed by atoms with van der Waals surface area (Å²) < 4.78 is 12.0. The van der Waals surface area contributed by atoms with Gasteiger partial charge in [-0.15, -0.1) is 0 Å². The summed E-state index contributed by atoms with van der Waals surface area (Å²) in [5.74, 6) is 2.20. The molecule has 110 valence electrons. The minimum absolute atomic E-state index is 0.186. The molecular weight excluding hydrogens is 286 g/mol. The lowest BCUT2D eigenvalue weighted by atomic mass is 10.2. The van der Waals surface area contributed by atoms with Crippen LogP contribution < -0.4 is 14.8 Å². The van der Waals surface area contributed by atoms with Crippen molar-refractivity contribution in [2.75, 3.05) is 13.1 Å². The zero-order valence-corrected chi connectivity index (χ0v) is 12.7. The summed E-state index contributed by atoms with van der Waals surface area (Å²) in [4.78, 5) is 0. The first-order valence-electron chi connectivity index (χ1n) is 7.13. The van der Waals surface area contributed by atoms with Gasteiger partial charge in [-0.05, 0) is 43.7 Å². The fourth-order valence-corrected chi connectivity index (χ4v) is 2.52. The van der Waals surface area contributed by atoms with E-state index in [1.807, 2.05) is 43.3 Å². The molecule has 1 aliphatic heterocycles. The van der Waals surface area contributed by atoms with E-state index >= 15 is 0 Å². The Morgan fingerprint density at radius 3 is 2.71 bits per heavy atom. The van der Waals surface area contributed by atoms with Crippen molar-refractivity contribution in [1.29, 1.82) is 0 Å². The molecule has 3 rings (SSSR count). The molecule has 0 amide bonds. The molecule has 1 atom stereocenters. The second kappa shape index (κ2) is 6.37. The molecule has 0 aromatic heterocycles. The van der Waals surface area contributed by atoms with Crippen LogP contribution in [0.25, 0.3) is 0 Å². The Hall–Kier alpha value is -1.71. The van der Waals surface area contributed by atoms with Crippen molar-refractivity contribution >= 4 is 11.6 Å². The molecule has 0 bridgehead atoms. The van der Waals surface area contributed by atoms with Gasteiger partial charge in [0.05, 0.1) is 0 Å². The number of benzene rings is 2. The SMILES string of the molecule is Cc1ccccc1Oc1cc(Cl)ccc1OC1CCNC1. The lowest BCUT2D eigenvalue weighted by molar-refractivity contribution is 0.215. The Morgan fingerprint density at radius 2 is 1.95 bits per heavy atom. The van der Waals surface area contributed by atoms with Crippen LogP contribution in [-0.2, 0) is 0 Å². The average Bonchev–Trinajstić information content (AvgIpc) is 2.97. The second-order valence-corrected chi connectivity index (χ2v) is 5.63. The summed E-state index contributed by atoms with van der Waals surface area (Å²) >= 11 is 6.09. The molecular formula is C17H18ClNO2. The summed E-state index contributed by atoms with van der Waals surface area (Å²) in [6.07, 6.45) is 1.19. The maximum Gasteiger partial charge on any atom is 0.170 e. The molecule has 0 radical (unpaired) electrons. The molecule has 1 aliphatic rings. The molecule has 3 nitrogen and oxygen atoms in total. The maximum atomic E-state index is 6.09. The Bertz CT molecular complexity index is 624. The first kappa shape index (κ1) is 14.2. The highest BCUT2D eigenvalue weighted by molar-refractivity contribution is 6.30. The van der Waals surface area contributed by atoms with Gasteiger partial charge < -0.3 is 14.8 Å². The van der Waals surface area contributed by atoms with Crippen LogP contribution in [0.3, 0.4) is 0 Å². The number of hydrogen-bond acceptors (Lipinski definition) is 3. The smallest absolute Gasteiger partial charge is 0.170 e. The van der Waals surface area contributed by atoms with E-state index in [-0.39, 0.29) is 6.10 Å². The van der Waals surface area contributed by atoms with E-state index in [9.17, 15) is 0 Å². The first-order valence-corrected chi connectivity index (χ1v) is 7.50. The third-order valence-corrected chi connectivity index (χ3v) is 3.76. The summed E-state index contributed by atoms with van der Waals surface area (Å²) in [5, 5.41) is 3.93. The number of hydrogen-bond donors (Lipinski definition) is 1. The molecule has 1 N–H and O–H groups in total. The predicted molar refractivity (Wildman–Crippen MR) is 84.6 cm³/mol. The van der Waals surface area contributed by atoms with Crippen molar-refractivity contribution in [3.63, 3.8) is 0 Å². The number of aryl methyl sites for hydroxylation is 1.